The second-order valence-corrected chi connectivity index (χ2v) is 6.90. The molecule has 0 unspecified atom stereocenters. The van der Waals surface area contributed by atoms with E-state index in [1.165, 1.54) is 12.1 Å². The van der Waals surface area contributed by atoms with Crippen molar-refractivity contribution >= 4 is 5.82 Å². The summed E-state index contributed by atoms with van der Waals surface area (Å²) in [6.45, 7) is 3.47. The van der Waals surface area contributed by atoms with E-state index >= 15 is 0 Å². The molecule has 0 aliphatic carbocycles. The molecule has 7 nitrogen and oxygen atoms in total. The Kier molecular flexibility index (Phi) is 5.73. The van der Waals surface area contributed by atoms with Gasteiger partial charge in [0.2, 0.25) is 5.88 Å². The molecule has 3 aromatic rings. The topological polar surface area (TPSA) is 78.4 Å². The highest BCUT2D eigenvalue weighted by atomic mass is 19.1. The Labute approximate surface area is 168 Å². The molecule has 2 N–H and O–H groups in total. The summed E-state index contributed by atoms with van der Waals surface area (Å²) < 4.78 is 27.1. The minimum absolute atomic E-state index is 0.376. The summed E-state index contributed by atoms with van der Waals surface area (Å²) in [6.07, 6.45) is 2.55. The van der Waals surface area contributed by atoms with Gasteiger partial charge in [0.05, 0.1) is 18.9 Å². The van der Waals surface area contributed by atoms with Crippen LogP contribution in [0.25, 0.3) is 11.3 Å². The number of ether oxygens (including phenoxy) is 2. The van der Waals surface area contributed by atoms with Crippen LogP contribution in [0.5, 0.6) is 11.6 Å². The van der Waals surface area contributed by atoms with Gasteiger partial charge in [-0.2, -0.15) is 5.10 Å². The summed E-state index contributed by atoms with van der Waals surface area (Å²) in [5.41, 5.74) is 8.07. The number of nitrogens with two attached hydrogens (primary N) is 1. The average molecular weight is 397 g/mol. The van der Waals surface area contributed by atoms with Crippen molar-refractivity contribution in [1.29, 1.82) is 0 Å². The number of anilines is 1. The molecule has 2 aromatic heterocycles. The number of nitrogens with zero attached hydrogens (tertiary/aromatic N) is 4. The first kappa shape index (κ1) is 19.4. The highest BCUT2D eigenvalue weighted by Crippen LogP contribution is 2.34. The van der Waals surface area contributed by atoms with Crippen molar-refractivity contribution in [3.63, 3.8) is 0 Å². The quantitative estimate of drug-likeness (QED) is 0.689. The van der Waals surface area contributed by atoms with E-state index in [9.17, 15) is 4.39 Å². The van der Waals surface area contributed by atoms with Crippen LogP contribution in [0.4, 0.5) is 10.2 Å². The van der Waals surface area contributed by atoms with E-state index in [1.54, 1.807) is 24.0 Å². The predicted molar refractivity (Wildman–Crippen MR) is 109 cm³/mol. The van der Waals surface area contributed by atoms with Gasteiger partial charge in [-0.15, -0.1) is 0 Å². The first-order chi connectivity index (χ1) is 14.1. The molecule has 152 valence electrons. The van der Waals surface area contributed by atoms with Crippen LogP contribution in [-0.4, -0.2) is 47.6 Å². The van der Waals surface area contributed by atoms with Crippen LogP contribution in [0.15, 0.2) is 42.6 Å². The molecule has 1 aromatic carbocycles. The van der Waals surface area contributed by atoms with Crippen LogP contribution in [0.2, 0.25) is 0 Å². The minimum atomic E-state index is -0.376. The van der Waals surface area contributed by atoms with Gasteiger partial charge < -0.3 is 20.1 Å². The Morgan fingerprint density at radius 2 is 2.00 bits per heavy atom. The van der Waals surface area contributed by atoms with Crippen molar-refractivity contribution in [3.8, 4) is 22.9 Å². The van der Waals surface area contributed by atoms with Crippen molar-refractivity contribution in [1.82, 2.24) is 14.8 Å². The summed E-state index contributed by atoms with van der Waals surface area (Å²) in [4.78, 5) is 6.64. The number of aromatic nitrogens is 3. The lowest BCUT2D eigenvalue weighted by molar-refractivity contribution is 0.122. The fourth-order valence-electron chi connectivity index (χ4n) is 3.28. The van der Waals surface area contributed by atoms with Crippen molar-refractivity contribution in [2.24, 2.45) is 12.8 Å². The summed E-state index contributed by atoms with van der Waals surface area (Å²) in [6, 6.07) is 10.2. The summed E-state index contributed by atoms with van der Waals surface area (Å²) in [5, 5.41) is 4.53. The minimum Gasteiger partial charge on any atom is -0.438 e. The Hall–Kier alpha value is -2.97. The highest BCUT2D eigenvalue weighted by Gasteiger charge is 2.18. The van der Waals surface area contributed by atoms with E-state index in [-0.39, 0.29) is 5.82 Å². The Bertz CT molecular complexity index is 968. The predicted octanol–water partition coefficient (Wildman–Crippen LogP) is 2.75. The smallest absolute Gasteiger partial charge is 0.219 e. The molecule has 0 amide bonds. The molecule has 1 saturated heterocycles. The van der Waals surface area contributed by atoms with E-state index in [4.69, 9.17) is 15.2 Å². The summed E-state index contributed by atoms with van der Waals surface area (Å²) in [7, 11) is 1.80. The lowest BCUT2D eigenvalue weighted by Crippen LogP contribution is -2.36. The molecular weight excluding hydrogens is 373 g/mol. The van der Waals surface area contributed by atoms with E-state index in [2.05, 4.69) is 15.0 Å². The van der Waals surface area contributed by atoms with E-state index in [0.29, 0.717) is 42.6 Å². The van der Waals surface area contributed by atoms with Gasteiger partial charge in [-0.1, -0.05) is 6.07 Å². The molecule has 0 radical (unpaired) electrons. The third-order valence-corrected chi connectivity index (χ3v) is 4.85. The Balaban J connectivity index is 1.62. The second-order valence-electron chi connectivity index (χ2n) is 6.90. The zero-order valence-corrected chi connectivity index (χ0v) is 16.3. The molecule has 3 heterocycles. The van der Waals surface area contributed by atoms with Gasteiger partial charge in [-0.05, 0) is 36.7 Å². The number of pyridine rings is 1. The van der Waals surface area contributed by atoms with Crippen molar-refractivity contribution in [3.05, 3.63) is 54.0 Å². The van der Waals surface area contributed by atoms with Gasteiger partial charge in [0, 0.05) is 44.0 Å². The van der Waals surface area contributed by atoms with Gasteiger partial charge in [0.25, 0.3) is 0 Å². The number of hydrogen-bond acceptors (Lipinski definition) is 6. The van der Waals surface area contributed by atoms with Crippen molar-refractivity contribution < 1.29 is 13.9 Å². The van der Waals surface area contributed by atoms with Crippen LogP contribution in [0.1, 0.15) is 5.56 Å². The summed E-state index contributed by atoms with van der Waals surface area (Å²) in [5.74, 6) is 1.35. The molecule has 0 spiro atoms. The first-order valence-corrected chi connectivity index (χ1v) is 9.63. The number of rotatable bonds is 6. The largest absolute Gasteiger partial charge is 0.438 e. The summed E-state index contributed by atoms with van der Waals surface area (Å²) >= 11 is 0. The molecule has 0 atom stereocenters. The van der Waals surface area contributed by atoms with Crippen molar-refractivity contribution in [2.75, 3.05) is 37.7 Å². The van der Waals surface area contributed by atoms with Crippen LogP contribution in [0.3, 0.4) is 0 Å². The first-order valence-electron chi connectivity index (χ1n) is 9.63. The monoisotopic (exact) mass is 397 g/mol. The number of aryl methyl sites for hydroxylation is 1. The van der Waals surface area contributed by atoms with Gasteiger partial charge in [-0.3, -0.25) is 4.98 Å². The van der Waals surface area contributed by atoms with Gasteiger partial charge in [0.1, 0.15) is 11.6 Å². The molecule has 1 fully saturated rings. The Morgan fingerprint density at radius 3 is 2.72 bits per heavy atom. The third-order valence-electron chi connectivity index (χ3n) is 4.85. The number of benzene rings is 1. The lowest BCUT2D eigenvalue weighted by Gasteiger charge is -2.26. The molecule has 29 heavy (non-hydrogen) atoms. The number of halogens is 1. The van der Waals surface area contributed by atoms with Crippen LogP contribution in [0, 0.1) is 5.82 Å². The van der Waals surface area contributed by atoms with Crippen LogP contribution < -0.4 is 15.4 Å². The fourth-order valence-corrected chi connectivity index (χ4v) is 3.28. The number of hydrogen-bond donors (Lipinski definition) is 1. The number of morpholine rings is 1. The maximum Gasteiger partial charge on any atom is 0.219 e. The maximum absolute atomic E-state index is 14.0. The standard InChI is InChI=1S/C21H24FN5O2/c1-26-21(13-20(25-26)27-8-10-28-11-9-27)29-19-12-16(22)3-4-17(19)18-5-2-15(6-7-23)14-24-18/h2-5,12-14H,6-11,23H2,1H3. The molecular formula is C21H24FN5O2. The van der Waals surface area contributed by atoms with E-state index in [1.807, 2.05) is 18.2 Å². The highest BCUT2D eigenvalue weighted by molar-refractivity contribution is 5.67. The maximum atomic E-state index is 14.0. The SMILES string of the molecule is Cn1nc(N2CCOCC2)cc1Oc1cc(F)ccc1-c1ccc(CCN)cn1. The molecule has 1 aliphatic rings. The Morgan fingerprint density at radius 1 is 1.17 bits per heavy atom. The lowest BCUT2D eigenvalue weighted by atomic mass is 10.1. The van der Waals surface area contributed by atoms with Gasteiger partial charge in [-0.25, -0.2) is 9.07 Å². The zero-order chi connectivity index (χ0) is 20.2. The molecule has 1 aliphatic heterocycles. The van der Waals surface area contributed by atoms with Crippen LogP contribution >= 0.6 is 0 Å². The average Bonchev–Trinajstić information content (AvgIpc) is 3.10. The van der Waals surface area contributed by atoms with Gasteiger partial charge >= 0.3 is 0 Å². The van der Waals surface area contributed by atoms with E-state index < -0.39 is 0 Å². The second kappa shape index (κ2) is 8.59. The molecule has 4 rings (SSSR count). The van der Waals surface area contributed by atoms with Crippen LogP contribution in [-0.2, 0) is 18.2 Å². The molecule has 8 heteroatoms. The molecule has 0 saturated carbocycles. The molecule has 0 bridgehead atoms. The fraction of sp³-hybridized carbons (Fsp3) is 0.333. The third kappa shape index (κ3) is 4.38. The van der Waals surface area contributed by atoms with E-state index in [0.717, 1.165) is 30.9 Å². The van der Waals surface area contributed by atoms with Gasteiger partial charge in [0.15, 0.2) is 5.82 Å². The van der Waals surface area contributed by atoms with Crippen molar-refractivity contribution in [2.45, 2.75) is 6.42 Å². The zero-order valence-electron chi connectivity index (χ0n) is 16.3. The normalized spacial score (nSPS) is 14.2.